The fourth-order valence-electron chi connectivity index (χ4n) is 1.76. The lowest BCUT2D eigenvalue weighted by Gasteiger charge is -2.01. The van der Waals surface area contributed by atoms with Gasteiger partial charge in [0.1, 0.15) is 5.15 Å². The van der Waals surface area contributed by atoms with E-state index in [4.69, 9.17) is 11.6 Å². The third-order valence-corrected chi connectivity index (χ3v) is 2.80. The van der Waals surface area contributed by atoms with Gasteiger partial charge in [-0.3, -0.25) is 4.98 Å². The van der Waals surface area contributed by atoms with Gasteiger partial charge in [0.15, 0.2) is 5.65 Å². The summed E-state index contributed by atoms with van der Waals surface area (Å²) in [5.74, 6) is 0. The quantitative estimate of drug-likeness (QED) is 0.618. The molecule has 0 fully saturated rings. The molecule has 4 nitrogen and oxygen atoms in total. The molecule has 0 N–H and O–H groups in total. The molecule has 5 heteroatoms. The minimum absolute atomic E-state index is 0.558. The van der Waals surface area contributed by atoms with E-state index >= 15 is 0 Å². The zero-order valence-corrected chi connectivity index (χ0v) is 9.89. The van der Waals surface area contributed by atoms with Crippen LogP contribution in [-0.4, -0.2) is 19.6 Å². The fourth-order valence-corrected chi connectivity index (χ4v) is 2.05. The second-order valence-electron chi connectivity index (χ2n) is 3.76. The van der Waals surface area contributed by atoms with Crippen molar-refractivity contribution in [1.82, 2.24) is 19.6 Å². The minimum Gasteiger partial charge on any atom is -0.264 e. The Bertz CT molecular complexity index is 676. The van der Waals surface area contributed by atoms with Crippen LogP contribution in [0.4, 0.5) is 0 Å². The van der Waals surface area contributed by atoms with Crippen molar-refractivity contribution in [3.8, 4) is 11.1 Å². The van der Waals surface area contributed by atoms with Gasteiger partial charge in [-0.1, -0.05) is 17.7 Å². The summed E-state index contributed by atoms with van der Waals surface area (Å²) < 4.78 is 1.62. The summed E-state index contributed by atoms with van der Waals surface area (Å²) in [6.45, 7) is 1.91. The number of aryl methyl sites for hydroxylation is 1. The third-order valence-electron chi connectivity index (χ3n) is 2.53. The van der Waals surface area contributed by atoms with Gasteiger partial charge in [0.25, 0.3) is 0 Å². The van der Waals surface area contributed by atoms with Crippen LogP contribution in [0.3, 0.4) is 0 Å². The van der Waals surface area contributed by atoms with E-state index in [9.17, 15) is 0 Å². The molecule has 0 aliphatic carbocycles. The Hall–Kier alpha value is -1.94. The molecule has 0 radical (unpaired) electrons. The summed E-state index contributed by atoms with van der Waals surface area (Å²) in [5.41, 5.74) is 3.54. The van der Waals surface area contributed by atoms with Crippen molar-refractivity contribution in [2.24, 2.45) is 0 Å². The number of hydrogen-bond acceptors (Lipinski definition) is 3. The molecule has 0 saturated heterocycles. The number of fused-ring (bicyclic) bond motifs is 1. The molecule has 0 unspecified atom stereocenters. The van der Waals surface area contributed by atoms with Crippen LogP contribution in [0, 0.1) is 6.92 Å². The van der Waals surface area contributed by atoms with E-state index in [1.165, 1.54) is 0 Å². The Kier molecular flexibility index (Phi) is 2.30. The minimum atomic E-state index is 0.558. The zero-order valence-electron chi connectivity index (χ0n) is 9.13. The monoisotopic (exact) mass is 244 g/mol. The van der Waals surface area contributed by atoms with Crippen LogP contribution >= 0.6 is 11.6 Å². The summed E-state index contributed by atoms with van der Waals surface area (Å²) in [5, 5.41) is 4.79. The van der Waals surface area contributed by atoms with Gasteiger partial charge in [-0.2, -0.15) is 5.10 Å². The Morgan fingerprint density at radius 3 is 2.94 bits per heavy atom. The summed E-state index contributed by atoms with van der Waals surface area (Å²) in [6, 6.07) is 5.65. The van der Waals surface area contributed by atoms with Crippen LogP contribution in [-0.2, 0) is 0 Å². The topological polar surface area (TPSA) is 43.1 Å². The molecule has 0 aliphatic heterocycles. The Morgan fingerprint density at radius 2 is 2.18 bits per heavy atom. The first kappa shape index (κ1) is 10.2. The van der Waals surface area contributed by atoms with Crippen molar-refractivity contribution in [2.75, 3.05) is 0 Å². The van der Waals surface area contributed by atoms with Crippen molar-refractivity contribution in [1.29, 1.82) is 0 Å². The highest BCUT2D eigenvalue weighted by atomic mass is 35.5. The summed E-state index contributed by atoms with van der Waals surface area (Å²) >= 11 is 6.11. The second kappa shape index (κ2) is 3.82. The maximum Gasteiger partial charge on any atom is 0.164 e. The highest BCUT2D eigenvalue weighted by Gasteiger charge is 2.10. The molecule has 0 spiro atoms. The van der Waals surface area contributed by atoms with Crippen molar-refractivity contribution < 1.29 is 0 Å². The Morgan fingerprint density at radius 1 is 1.29 bits per heavy atom. The van der Waals surface area contributed by atoms with Crippen LogP contribution in [0.1, 0.15) is 5.69 Å². The number of nitrogens with zero attached hydrogens (tertiary/aromatic N) is 4. The largest absolute Gasteiger partial charge is 0.264 e. The fraction of sp³-hybridized carbons (Fsp3) is 0.0833. The smallest absolute Gasteiger partial charge is 0.164 e. The van der Waals surface area contributed by atoms with Crippen LogP contribution < -0.4 is 0 Å². The van der Waals surface area contributed by atoms with Gasteiger partial charge in [-0.15, -0.1) is 0 Å². The number of aromatic nitrogens is 4. The first-order chi connectivity index (χ1) is 8.25. The van der Waals surface area contributed by atoms with E-state index in [2.05, 4.69) is 15.1 Å². The number of pyridine rings is 1. The summed E-state index contributed by atoms with van der Waals surface area (Å²) in [4.78, 5) is 8.56. The zero-order chi connectivity index (χ0) is 11.8. The van der Waals surface area contributed by atoms with E-state index in [1.54, 1.807) is 29.2 Å². The predicted octanol–water partition coefficient (Wildman–Crippen LogP) is 2.75. The average Bonchev–Trinajstić information content (AvgIpc) is 2.74. The number of hydrogen-bond donors (Lipinski definition) is 0. The SMILES string of the molecule is Cc1cc(Cl)n2ncc(-c3cccnc3)c2n1. The van der Waals surface area contributed by atoms with E-state index < -0.39 is 0 Å². The normalized spacial score (nSPS) is 10.9. The molecule has 3 aromatic heterocycles. The molecule has 0 saturated carbocycles. The lowest BCUT2D eigenvalue weighted by Crippen LogP contribution is -1.94. The summed E-state index contributed by atoms with van der Waals surface area (Å²) in [6.07, 6.45) is 5.28. The lowest BCUT2D eigenvalue weighted by molar-refractivity contribution is 0.930. The van der Waals surface area contributed by atoms with Crippen LogP contribution in [0.25, 0.3) is 16.8 Å². The van der Waals surface area contributed by atoms with Crippen LogP contribution in [0.15, 0.2) is 36.8 Å². The third kappa shape index (κ3) is 1.66. The van der Waals surface area contributed by atoms with Crippen molar-refractivity contribution in [3.63, 3.8) is 0 Å². The van der Waals surface area contributed by atoms with E-state index in [1.807, 2.05) is 19.1 Å². The van der Waals surface area contributed by atoms with Gasteiger partial charge in [0.2, 0.25) is 0 Å². The van der Waals surface area contributed by atoms with Crippen LogP contribution in [0.5, 0.6) is 0 Å². The molecule has 0 amide bonds. The first-order valence-corrected chi connectivity index (χ1v) is 5.55. The average molecular weight is 245 g/mol. The van der Waals surface area contributed by atoms with Gasteiger partial charge >= 0.3 is 0 Å². The highest BCUT2D eigenvalue weighted by Crippen LogP contribution is 2.24. The van der Waals surface area contributed by atoms with Crippen LogP contribution in [0.2, 0.25) is 5.15 Å². The molecule has 17 heavy (non-hydrogen) atoms. The maximum absolute atomic E-state index is 6.11. The molecule has 0 atom stereocenters. The molecule has 84 valence electrons. The molecular weight excluding hydrogens is 236 g/mol. The Balaban J connectivity index is 2.32. The van der Waals surface area contributed by atoms with E-state index in [0.717, 1.165) is 22.5 Å². The van der Waals surface area contributed by atoms with Gasteiger partial charge in [-0.05, 0) is 19.1 Å². The second-order valence-corrected chi connectivity index (χ2v) is 4.14. The molecular formula is C12H9ClN4. The molecule has 3 heterocycles. The molecule has 3 rings (SSSR count). The van der Waals surface area contributed by atoms with Gasteiger partial charge in [-0.25, -0.2) is 9.50 Å². The van der Waals surface area contributed by atoms with Gasteiger partial charge < -0.3 is 0 Å². The Labute approximate surface area is 103 Å². The highest BCUT2D eigenvalue weighted by molar-refractivity contribution is 6.29. The predicted molar refractivity (Wildman–Crippen MR) is 66.0 cm³/mol. The lowest BCUT2D eigenvalue weighted by atomic mass is 10.1. The first-order valence-electron chi connectivity index (χ1n) is 5.17. The van der Waals surface area contributed by atoms with Crippen molar-refractivity contribution in [3.05, 3.63) is 47.6 Å². The molecule has 0 aliphatic rings. The van der Waals surface area contributed by atoms with Gasteiger partial charge in [0, 0.05) is 29.2 Å². The molecule has 0 bridgehead atoms. The van der Waals surface area contributed by atoms with Gasteiger partial charge in [0.05, 0.1) is 6.20 Å². The standard InChI is InChI=1S/C12H9ClN4/c1-8-5-11(13)17-12(16-8)10(7-15-17)9-3-2-4-14-6-9/h2-7H,1H3. The van der Waals surface area contributed by atoms with E-state index in [-0.39, 0.29) is 0 Å². The molecule has 3 aromatic rings. The number of halogens is 1. The van der Waals surface area contributed by atoms with E-state index in [0.29, 0.717) is 5.15 Å². The number of rotatable bonds is 1. The summed E-state index contributed by atoms with van der Waals surface area (Å²) in [7, 11) is 0. The van der Waals surface area contributed by atoms with Crippen molar-refractivity contribution >= 4 is 17.2 Å². The maximum atomic E-state index is 6.11. The molecule has 0 aromatic carbocycles. The van der Waals surface area contributed by atoms with Crippen molar-refractivity contribution in [2.45, 2.75) is 6.92 Å².